The zero-order valence-electron chi connectivity index (χ0n) is 20.6. The van der Waals surface area contributed by atoms with Gasteiger partial charge in [-0.3, -0.25) is 9.59 Å². The van der Waals surface area contributed by atoms with Gasteiger partial charge in [-0.25, -0.2) is 0 Å². The summed E-state index contributed by atoms with van der Waals surface area (Å²) in [5.74, 6) is 5.66. The Bertz CT molecular complexity index is 941. The molecule has 1 aromatic carbocycles. The minimum atomic E-state index is -0.813. The minimum absolute atomic E-state index is 0.130. The zero-order chi connectivity index (χ0) is 25.5. The highest BCUT2D eigenvalue weighted by molar-refractivity contribution is 5.67. The molecule has 0 radical (unpaired) electrons. The third kappa shape index (κ3) is 11.5. The molecule has 0 aromatic heterocycles. The highest BCUT2D eigenvalue weighted by Crippen LogP contribution is 2.22. The quantitative estimate of drug-likeness (QED) is 0.281. The van der Waals surface area contributed by atoms with Crippen LogP contribution in [-0.4, -0.2) is 49.6 Å². The molecule has 184 valence electrons. The maximum atomic E-state index is 11.8. The van der Waals surface area contributed by atoms with Crippen molar-refractivity contribution in [3.05, 3.63) is 65.3 Å². The number of benzene rings is 1. The number of methoxy groups -OCH3 is 1. The van der Waals surface area contributed by atoms with Gasteiger partial charge in [0.15, 0.2) is 0 Å². The summed E-state index contributed by atoms with van der Waals surface area (Å²) in [6, 6.07) is 7.43. The lowest BCUT2D eigenvalue weighted by molar-refractivity contribution is -0.146. The second-order valence-electron chi connectivity index (χ2n) is 7.74. The first-order valence-corrected chi connectivity index (χ1v) is 10.8. The van der Waals surface area contributed by atoms with Gasteiger partial charge in [-0.05, 0) is 37.6 Å². The first-order chi connectivity index (χ1) is 16.2. The predicted molar refractivity (Wildman–Crippen MR) is 130 cm³/mol. The average molecular weight is 471 g/mol. The molecule has 0 saturated carbocycles. The molecule has 2 atom stereocenters. The number of rotatable bonds is 12. The van der Waals surface area contributed by atoms with Gasteiger partial charge in [0.2, 0.25) is 0 Å². The van der Waals surface area contributed by atoms with Crippen LogP contribution in [0.25, 0.3) is 0 Å². The van der Waals surface area contributed by atoms with Crippen LogP contribution in [0.15, 0.2) is 59.7 Å². The van der Waals surface area contributed by atoms with Gasteiger partial charge < -0.3 is 24.1 Å². The van der Waals surface area contributed by atoms with Gasteiger partial charge in [-0.1, -0.05) is 42.2 Å². The summed E-state index contributed by atoms with van der Waals surface area (Å²) >= 11 is 0. The van der Waals surface area contributed by atoms with Gasteiger partial charge in [0.25, 0.3) is 0 Å². The van der Waals surface area contributed by atoms with E-state index in [0.29, 0.717) is 11.1 Å². The molecule has 34 heavy (non-hydrogen) atoms. The lowest BCUT2D eigenvalue weighted by atomic mass is 9.99. The van der Waals surface area contributed by atoms with Crippen molar-refractivity contribution >= 4 is 11.9 Å². The molecule has 7 heteroatoms. The third-order valence-corrected chi connectivity index (χ3v) is 4.54. The topological polar surface area (TPSA) is 91.3 Å². The van der Waals surface area contributed by atoms with Crippen LogP contribution in [0.1, 0.15) is 39.7 Å². The van der Waals surface area contributed by atoms with Gasteiger partial charge in [0, 0.05) is 31.4 Å². The predicted octanol–water partition coefficient (Wildman–Crippen LogP) is 3.91. The standard InChI is InChI=1S/C27H34O7/c1-19(2)8-7-9-20(3)26(33-17-23-10-12-25(31-6)13-11-23)16-27(34-22(5)30)24(14-15-28)18-32-21(4)29/h8,10-14,26-28H,3,15-18H2,1-2,4-6H3/b24-14+/t26-,27-/m0/s1. The van der Waals surface area contributed by atoms with E-state index < -0.39 is 24.1 Å². The van der Waals surface area contributed by atoms with Crippen molar-refractivity contribution in [1.29, 1.82) is 0 Å². The molecule has 0 spiro atoms. The van der Waals surface area contributed by atoms with Crippen LogP contribution in [-0.2, 0) is 30.4 Å². The average Bonchev–Trinajstić information content (AvgIpc) is 2.78. The van der Waals surface area contributed by atoms with Crippen LogP contribution in [0.4, 0.5) is 0 Å². The fourth-order valence-electron chi connectivity index (χ4n) is 2.84. The second-order valence-corrected chi connectivity index (χ2v) is 7.74. The van der Waals surface area contributed by atoms with Crippen molar-refractivity contribution in [2.45, 2.75) is 52.9 Å². The number of allylic oxidation sites excluding steroid dienone is 2. The van der Waals surface area contributed by atoms with Crippen LogP contribution in [0.2, 0.25) is 0 Å². The monoisotopic (exact) mass is 470 g/mol. The van der Waals surface area contributed by atoms with Crippen LogP contribution < -0.4 is 4.74 Å². The van der Waals surface area contributed by atoms with Gasteiger partial charge in [0.1, 0.15) is 18.5 Å². The Balaban J connectivity index is 3.18. The smallest absolute Gasteiger partial charge is 0.303 e. The molecular formula is C27H34O7. The summed E-state index contributed by atoms with van der Waals surface area (Å²) in [6.07, 6.45) is 1.98. The van der Waals surface area contributed by atoms with Crippen molar-refractivity contribution in [3.63, 3.8) is 0 Å². The number of carbonyl (C=O) groups is 2. The van der Waals surface area contributed by atoms with E-state index in [0.717, 1.165) is 16.9 Å². The molecule has 0 fully saturated rings. The van der Waals surface area contributed by atoms with E-state index in [-0.39, 0.29) is 26.2 Å². The number of ether oxygens (including phenoxy) is 4. The Morgan fingerprint density at radius 1 is 1.09 bits per heavy atom. The number of carbonyl (C=O) groups excluding carboxylic acids is 2. The van der Waals surface area contributed by atoms with Crippen LogP contribution in [0.5, 0.6) is 5.75 Å². The summed E-state index contributed by atoms with van der Waals surface area (Å²) in [7, 11) is 1.60. The lowest BCUT2D eigenvalue weighted by Crippen LogP contribution is -2.29. The summed E-state index contributed by atoms with van der Waals surface area (Å²) in [5, 5.41) is 9.45. The lowest BCUT2D eigenvalue weighted by Gasteiger charge is -2.25. The highest BCUT2D eigenvalue weighted by atomic mass is 16.6. The molecular weight excluding hydrogens is 436 g/mol. The first kappa shape index (κ1) is 28.7. The second kappa shape index (κ2) is 15.5. The first-order valence-electron chi connectivity index (χ1n) is 10.8. The van der Waals surface area contributed by atoms with E-state index in [4.69, 9.17) is 18.9 Å². The molecule has 0 unspecified atom stereocenters. The molecule has 0 saturated heterocycles. The summed E-state index contributed by atoms with van der Waals surface area (Å²) in [6.45, 7) is 10.3. The Morgan fingerprint density at radius 3 is 2.29 bits per heavy atom. The van der Waals surface area contributed by atoms with Crippen molar-refractivity contribution in [1.82, 2.24) is 0 Å². The molecule has 0 amide bonds. The van der Waals surface area contributed by atoms with Gasteiger partial charge >= 0.3 is 11.9 Å². The Kier molecular flexibility index (Phi) is 13.1. The van der Waals surface area contributed by atoms with Crippen molar-refractivity contribution in [3.8, 4) is 17.6 Å². The van der Waals surface area contributed by atoms with Gasteiger partial charge in [-0.15, -0.1) is 0 Å². The normalized spacial score (nSPS) is 12.5. The van der Waals surface area contributed by atoms with E-state index in [2.05, 4.69) is 18.4 Å². The number of hydrogen-bond donors (Lipinski definition) is 1. The third-order valence-electron chi connectivity index (χ3n) is 4.54. The molecule has 7 nitrogen and oxygen atoms in total. The minimum Gasteiger partial charge on any atom is -0.497 e. The Labute approximate surface area is 202 Å². The molecule has 1 aromatic rings. The number of aliphatic hydroxyl groups is 1. The highest BCUT2D eigenvalue weighted by Gasteiger charge is 2.25. The molecule has 1 rings (SSSR count). The van der Waals surface area contributed by atoms with Crippen molar-refractivity contribution < 1.29 is 33.6 Å². The maximum absolute atomic E-state index is 11.8. The van der Waals surface area contributed by atoms with E-state index in [1.807, 2.05) is 38.1 Å². The molecule has 0 aliphatic carbocycles. The largest absolute Gasteiger partial charge is 0.497 e. The number of aliphatic hydroxyl groups excluding tert-OH is 1. The molecule has 0 heterocycles. The van der Waals surface area contributed by atoms with Crippen LogP contribution in [0.3, 0.4) is 0 Å². The van der Waals surface area contributed by atoms with Crippen LogP contribution in [0, 0.1) is 11.8 Å². The van der Waals surface area contributed by atoms with Gasteiger partial charge in [-0.2, -0.15) is 0 Å². The molecule has 0 aliphatic rings. The fraction of sp³-hybridized carbons (Fsp3) is 0.407. The molecule has 0 aliphatic heterocycles. The van der Waals surface area contributed by atoms with Crippen molar-refractivity contribution in [2.75, 3.05) is 20.3 Å². The van der Waals surface area contributed by atoms with Gasteiger partial charge in [0.05, 0.1) is 26.4 Å². The van der Waals surface area contributed by atoms with E-state index >= 15 is 0 Å². The summed E-state index contributed by atoms with van der Waals surface area (Å²) < 4.78 is 21.9. The Morgan fingerprint density at radius 2 is 1.76 bits per heavy atom. The zero-order valence-corrected chi connectivity index (χ0v) is 20.6. The maximum Gasteiger partial charge on any atom is 0.303 e. The number of hydrogen-bond acceptors (Lipinski definition) is 7. The van der Waals surface area contributed by atoms with E-state index in [1.54, 1.807) is 13.2 Å². The molecule has 0 bridgehead atoms. The van der Waals surface area contributed by atoms with Crippen LogP contribution >= 0.6 is 0 Å². The Hall–Kier alpha value is -3.34. The van der Waals surface area contributed by atoms with Crippen molar-refractivity contribution in [2.24, 2.45) is 0 Å². The van der Waals surface area contributed by atoms with E-state index in [1.165, 1.54) is 19.9 Å². The number of esters is 2. The fourth-order valence-corrected chi connectivity index (χ4v) is 2.84. The molecule has 1 N–H and O–H groups in total. The summed E-state index contributed by atoms with van der Waals surface area (Å²) in [5.41, 5.74) is 2.89. The van der Waals surface area contributed by atoms with E-state index in [9.17, 15) is 14.7 Å². The SMILES string of the molecule is C=C(C#CC=C(C)C)[C@H](C[C@H](OC(C)=O)/C(=C/CO)COC(C)=O)OCc1ccc(OC)cc1. The summed E-state index contributed by atoms with van der Waals surface area (Å²) in [4.78, 5) is 23.1.